The minimum atomic E-state index is -4.10. The number of hydrogen-bond donors (Lipinski definition) is 3. The third-order valence-corrected chi connectivity index (χ3v) is 19.1. The minimum absolute atomic E-state index is 0. The molecule has 478 valence electrons. The molecular formula is C60H62Cl3N7O17S3. The van der Waals surface area contributed by atoms with Crippen molar-refractivity contribution in [2.24, 2.45) is 17.6 Å². The Morgan fingerprint density at radius 1 is 0.522 bits per heavy atom. The molecule has 3 aliphatic rings. The number of carbonyl (C=O) groups excluding carboxylic acids is 7. The van der Waals surface area contributed by atoms with Crippen LogP contribution < -0.4 is 24.6 Å². The van der Waals surface area contributed by atoms with Gasteiger partial charge < -0.3 is 18.9 Å². The Balaban J connectivity index is 0.000000226. The lowest BCUT2D eigenvalue weighted by Crippen LogP contribution is -2.47. The summed E-state index contributed by atoms with van der Waals surface area (Å²) in [7, 11) is -11.7. The summed E-state index contributed by atoms with van der Waals surface area (Å²) in [5.41, 5.74) is 3.37. The number of carbonyl (C=O) groups is 7. The average molecular weight is 1360 g/mol. The predicted octanol–water partition coefficient (Wildman–Crippen LogP) is 8.78. The number of anilines is 3. The van der Waals surface area contributed by atoms with Crippen LogP contribution in [0.25, 0.3) is 11.3 Å². The van der Waals surface area contributed by atoms with Crippen molar-refractivity contribution in [2.45, 2.75) is 62.8 Å². The van der Waals surface area contributed by atoms with Crippen LogP contribution in [0.3, 0.4) is 0 Å². The van der Waals surface area contributed by atoms with E-state index in [1.807, 2.05) is 0 Å². The molecule has 5 N–H and O–H groups in total. The number of para-hydroxylation sites is 3. The van der Waals surface area contributed by atoms with Crippen LogP contribution in [-0.4, -0.2) is 116 Å². The number of rotatable bonds is 13. The molecule has 6 aromatic carbocycles. The Morgan fingerprint density at radius 3 is 1.36 bits per heavy atom. The summed E-state index contributed by atoms with van der Waals surface area (Å²) in [5, 5.41) is 8.22. The first-order chi connectivity index (χ1) is 42.4. The number of nitrogens with one attached hydrogen (secondary N) is 1. The Labute approximate surface area is 535 Å². The minimum Gasteiger partial charge on any atom is -0.461 e. The molecule has 0 radical (unpaired) electrons. The lowest BCUT2D eigenvalue weighted by molar-refractivity contribution is -0.167. The van der Waals surface area contributed by atoms with Crippen molar-refractivity contribution in [1.82, 2.24) is 10.2 Å². The summed E-state index contributed by atoms with van der Waals surface area (Å²) in [5.74, 6) is 1.22. The first-order valence-corrected chi connectivity index (χ1v) is 32.2. The van der Waals surface area contributed by atoms with Gasteiger partial charge in [-0.1, -0.05) is 84.7 Å². The second-order valence-electron chi connectivity index (χ2n) is 18.3. The predicted molar refractivity (Wildman–Crippen MR) is 336 cm³/mol. The highest BCUT2D eigenvalue weighted by molar-refractivity contribution is 7.93. The molecule has 1 aromatic heterocycles. The standard InChI is InChI=1S/C19H16ClN3O4S.C19H16ClNO6S.C15H12ClNO3S.C6H10O4.CH4.H4N2/c1-2-27-19(24)18-15-11-23(28(25,26)13-9-7-12(20)8-10-13)16-6-4-3-5-14(16)17(15)21-22-18;1-2-27-19(24)18(23)15-11-21(16-6-4-3-5-14(16)17(15)22)28(25,26)13-9-7-12(20)8-10-13;16-11-5-7-12(8-6-11)21(19,20)17-10-9-15(18)13-3-1-2-4-14(13)17;1-3-9-5(7)6(8)10-4-2;;1-2/h3-10H,2,11H2,1H3,(H,21,22);3-10,15H,2,11H2,1H3;1-8H,9-10H2;3-4H2,1-2H3;1H4;1-2H2. The molecule has 0 amide bonds. The zero-order valence-electron chi connectivity index (χ0n) is 47.8. The number of fused-ring (bicyclic) bond motifs is 5. The first-order valence-electron chi connectivity index (χ1n) is 26.7. The number of ether oxygens (including phenoxy) is 4. The average Bonchev–Trinajstić information content (AvgIpc) is 1.27. The van der Waals surface area contributed by atoms with Crippen LogP contribution >= 0.6 is 34.8 Å². The maximum Gasteiger partial charge on any atom is 0.417 e. The van der Waals surface area contributed by atoms with Gasteiger partial charge in [0.05, 0.1) is 71.3 Å². The molecule has 1 unspecified atom stereocenters. The van der Waals surface area contributed by atoms with Gasteiger partial charge in [0.15, 0.2) is 11.6 Å². The zero-order chi connectivity index (χ0) is 65.4. The van der Waals surface area contributed by atoms with Crippen molar-refractivity contribution in [3.05, 3.63) is 183 Å². The van der Waals surface area contributed by atoms with E-state index < -0.39 is 78.0 Å². The van der Waals surface area contributed by atoms with Crippen molar-refractivity contribution in [2.75, 3.05) is 52.4 Å². The maximum absolute atomic E-state index is 13.3. The molecule has 24 nitrogen and oxygen atoms in total. The normalized spacial score (nSPS) is 13.7. The van der Waals surface area contributed by atoms with E-state index in [-0.39, 0.29) is 90.8 Å². The number of sulfonamides is 3. The molecule has 10 rings (SSSR count). The van der Waals surface area contributed by atoms with Crippen molar-refractivity contribution in [3.63, 3.8) is 0 Å². The molecule has 0 bridgehead atoms. The van der Waals surface area contributed by atoms with Gasteiger partial charge in [-0.2, -0.15) is 5.10 Å². The van der Waals surface area contributed by atoms with Crippen molar-refractivity contribution < 1.29 is 77.8 Å². The fraction of sp³-hybridized carbons (Fsp3) is 0.233. The van der Waals surface area contributed by atoms with Gasteiger partial charge in [0.2, 0.25) is 0 Å². The quantitative estimate of drug-likeness (QED) is 0.0242. The van der Waals surface area contributed by atoms with E-state index in [0.29, 0.717) is 48.8 Å². The van der Waals surface area contributed by atoms with E-state index in [1.54, 1.807) is 81.4 Å². The van der Waals surface area contributed by atoms with E-state index in [4.69, 9.17) is 39.5 Å². The Morgan fingerprint density at radius 2 is 0.900 bits per heavy atom. The van der Waals surface area contributed by atoms with Gasteiger partial charge in [-0.25, -0.2) is 44.4 Å². The highest BCUT2D eigenvalue weighted by Gasteiger charge is 2.44. The fourth-order valence-corrected chi connectivity index (χ4v) is 13.7. The summed E-state index contributed by atoms with van der Waals surface area (Å²) >= 11 is 17.5. The number of hydrazine groups is 1. The van der Waals surface area contributed by atoms with Gasteiger partial charge in [0, 0.05) is 50.3 Å². The number of hydrogen-bond acceptors (Lipinski definition) is 20. The number of aromatic nitrogens is 2. The zero-order valence-corrected chi connectivity index (χ0v) is 52.6. The molecule has 7 aromatic rings. The molecular weight excluding hydrogens is 1290 g/mol. The molecule has 0 saturated carbocycles. The number of aromatic amines is 1. The van der Waals surface area contributed by atoms with Crippen LogP contribution in [0.15, 0.2) is 160 Å². The third kappa shape index (κ3) is 16.4. The molecule has 0 fully saturated rings. The fourth-order valence-electron chi connectivity index (χ4n) is 8.87. The van der Waals surface area contributed by atoms with E-state index in [1.165, 1.54) is 100 Å². The number of ketones is 3. The van der Waals surface area contributed by atoms with Crippen LogP contribution in [0.1, 0.15) is 78.3 Å². The summed E-state index contributed by atoms with van der Waals surface area (Å²) < 4.78 is 100. The Kier molecular flexibility index (Phi) is 25.9. The molecule has 1 atom stereocenters. The Hall–Kier alpha value is -8.54. The number of esters is 4. The number of halogens is 3. The van der Waals surface area contributed by atoms with Gasteiger partial charge in [-0.05, 0) is 131 Å². The molecule has 0 spiro atoms. The smallest absolute Gasteiger partial charge is 0.417 e. The molecule has 4 heterocycles. The largest absolute Gasteiger partial charge is 0.461 e. The molecule has 0 aliphatic carbocycles. The number of nitrogens with zero attached hydrogens (tertiary/aromatic N) is 4. The monoisotopic (exact) mass is 1350 g/mol. The van der Waals surface area contributed by atoms with Crippen molar-refractivity contribution >= 4 is 123 Å². The Bertz CT molecular complexity index is 4090. The van der Waals surface area contributed by atoms with Crippen LogP contribution in [0.2, 0.25) is 15.1 Å². The second-order valence-corrected chi connectivity index (χ2v) is 25.2. The third-order valence-electron chi connectivity index (χ3n) is 12.9. The lowest BCUT2D eigenvalue weighted by atomic mass is 9.89. The SMILES string of the molecule is C.CCOC(=O)C(=O)C1CN(S(=O)(=O)c2ccc(Cl)cc2)c2ccccc2C1=O.CCOC(=O)C(=O)OCC.CCOC(=O)c1[nH]nc2c1CN(S(=O)(=O)c1ccc(Cl)cc1)c1ccccc1-2.NN.O=C1CCN(S(=O)(=O)c2ccc(Cl)cc2)c2ccccc21. The van der Waals surface area contributed by atoms with Crippen LogP contribution in [0.5, 0.6) is 0 Å². The van der Waals surface area contributed by atoms with Crippen molar-refractivity contribution in [3.8, 4) is 11.3 Å². The van der Waals surface area contributed by atoms with E-state index >= 15 is 0 Å². The van der Waals surface area contributed by atoms with E-state index in [2.05, 4.69) is 36.1 Å². The highest BCUT2D eigenvalue weighted by atomic mass is 35.5. The topological polar surface area (TPSA) is 349 Å². The van der Waals surface area contributed by atoms with Gasteiger partial charge in [-0.3, -0.25) is 44.1 Å². The number of H-pyrrole nitrogens is 1. The molecule has 30 heteroatoms. The first kappa shape index (κ1) is 72.2. The molecule has 90 heavy (non-hydrogen) atoms. The van der Waals surface area contributed by atoms with E-state index in [0.717, 1.165) is 4.31 Å². The number of benzene rings is 6. The number of nitrogens with two attached hydrogens (primary N) is 2. The number of Topliss-reactive ketones (excluding diaryl/α,β-unsaturated/α-hetero) is 3. The summed E-state index contributed by atoms with van der Waals surface area (Å²) in [6.45, 7) is 6.66. The maximum atomic E-state index is 13.3. The summed E-state index contributed by atoms with van der Waals surface area (Å²) in [4.78, 5) is 82.3. The second kappa shape index (κ2) is 32.3. The van der Waals surface area contributed by atoms with Gasteiger partial charge in [0.25, 0.3) is 35.9 Å². The van der Waals surface area contributed by atoms with Crippen LogP contribution in [-0.2, 0) is 74.7 Å². The summed E-state index contributed by atoms with van der Waals surface area (Å²) in [6.07, 6.45) is 0.184. The summed E-state index contributed by atoms with van der Waals surface area (Å²) in [6, 6.07) is 37.3. The van der Waals surface area contributed by atoms with Gasteiger partial charge in [0.1, 0.15) is 17.3 Å². The van der Waals surface area contributed by atoms with E-state index in [9.17, 15) is 58.8 Å². The lowest BCUT2D eigenvalue weighted by Gasteiger charge is -2.33. The molecule has 0 saturated heterocycles. The van der Waals surface area contributed by atoms with Gasteiger partial charge in [-0.15, -0.1) is 0 Å². The van der Waals surface area contributed by atoms with Crippen LogP contribution in [0, 0.1) is 5.92 Å². The molecule has 3 aliphatic heterocycles. The van der Waals surface area contributed by atoms with Crippen molar-refractivity contribution in [1.29, 1.82) is 0 Å². The van der Waals surface area contributed by atoms with Gasteiger partial charge >= 0.3 is 23.9 Å². The highest BCUT2D eigenvalue weighted by Crippen LogP contribution is 2.42. The van der Waals surface area contributed by atoms with Crippen LogP contribution in [0.4, 0.5) is 17.1 Å².